The van der Waals surface area contributed by atoms with E-state index in [1.807, 2.05) is 30.3 Å². The topological polar surface area (TPSA) is 112 Å². The molecular formula is C18H12N6O2S. The molecule has 4 heterocycles. The molecule has 3 aromatic heterocycles. The van der Waals surface area contributed by atoms with Crippen molar-refractivity contribution in [1.29, 1.82) is 5.26 Å². The Morgan fingerprint density at radius 3 is 3.11 bits per heavy atom. The van der Waals surface area contributed by atoms with Gasteiger partial charge in [-0.1, -0.05) is 12.1 Å². The number of thiazole rings is 1. The second-order valence-electron chi connectivity index (χ2n) is 6.08. The molecule has 0 bridgehead atoms. The molecule has 1 atom stereocenters. The van der Waals surface area contributed by atoms with Crippen LogP contribution >= 0.6 is 11.3 Å². The van der Waals surface area contributed by atoms with Gasteiger partial charge in [-0.25, -0.2) is 15.0 Å². The summed E-state index contributed by atoms with van der Waals surface area (Å²) >= 11 is 1.53. The summed E-state index contributed by atoms with van der Waals surface area (Å²) < 4.78 is 6.25. The lowest BCUT2D eigenvalue weighted by Gasteiger charge is -2.33. The number of H-pyrrole nitrogens is 1. The molecule has 1 aliphatic heterocycles. The third-order valence-electron chi connectivity index (χ3n) is 4.60. The van der Waals surface area contributed by atoms with Crippen LogP contribution in [0.25, 0.3) is 10.2 Å². The van der Waals surface area contributed by atoms with Crippen molar-refractivity contribution < 1.29 is 9.21 Å². The van der Waals surface area contributed by atoms with Gasteiger partial charge in [0.25, 0.3) is 5.91 Å². The summed E-state index contributed by atoms with van der Waals surface area (Å²) in [4.78, 5) is 30.9. The first-order valence-corrected chi connectivity index (χ1v) is 9.10. The number of rotatable bonds is 2. The molecule has 0 aliphatic carbocycles. The number of amides is 1. The number of aromatic nitrogens is 4. The van der Waals surface area contributed by atoms with E-state index in [1.165, 1.54) is 11.3 Å². The fraction of sp³-hybridized carbons (Fsp3) is 0.167. The number of nitrogens with zero attached hydrogens (tertiary/aromatic N) is 5. The van der Waals surface area contributed by atoms with Gasteiger partial charge in [0, 0.05) is 18.7 Å². The van der Waals surface area contributed by atoms with Gasteiger partial charge in [0.1, 0.15) is 17.1 Å². The zero-order valence-corrected chi connectivity index (χ0v) is 14.7. The summed E-state index contributed by atoms with van der Waals surface area (Å²) in [7, 11) is 0. The Hall–Kier alpha value is -3.51. The van der Waals surface area contributed by atoms with Crippen LogP contribution in [-0.2, 0) is 6.42 Å². The lowest BCUT2D eigenvalue weighted by molar-refractivity contribution is 0.0657. The molecule has 0 saturated heterocycles. The lowest BCUT2D eigenvalue weighted by atomic mass is 10.0. The molecule has 9 heteroatoms. The van der Waals surface area contributed by atoms with Crippen molar-refractivity contribution in [2.24, 2.45) is 0 Å². The Kier molecular flexibility index (Phi) is 3.51. The largest absolute Gasteiger partial charge is 0.437 e. The van der Waals surface area contributed by atoms with Crippen molar-refractivity contribution >= 4 is 27.5 Å². The maximum atomic E-state index is 13.2. The van der Waals surface area contributed by atoms with Gasteiger partial charge in [0.2, 0.25) is 5.76 Å². The summed E-state index contributed by atoms with van der Waals surface area (Å²) in [6.45, 7) is 0.459. The zero-order valence-electron chi connectivity index (χ0n) is 13.9. The minimum Gasteiger partial charge on any atom is -0.437 e. The summed E-state index contributed by atoms with van der Waals surface area (Å²) in [5.74, 6) is -0.440. The molecule has 0 spiro atoms. The Bertz CT molecular complexity index is 1170. The lowest BCUT2D eigenvalue weighted by Crippen LogP contribution is -2.40. The molecule has 5 rings (SSSR count). The first-order chi connectivity index (χ1) is 13.3. The zero-order chi connectivity index (χ0) is 18.4. The number of oxazole rings is 1. The van der Waals surface area contributed by atoms with Crippen LogP contribution in [0, 0.1) is 11.3 Å². The number of imidazole rings is 1. The molecule has 0 unspecified atom stereocenters. The number of hydrogen-bond donors (Lipinski definition) is 1. The molecule has 8 nitrogen and oxygen atoms in total. The molecule has 1 N–H and O–H groups in total. The van der Waals surface area contributed by atoms with Gasteiger partial charge < -0.3 is 14.3 Å². The molecule has 1 aromatic carbocycles. The van der Waals surface area contributed by atoms with E-state index < -0.39 is 6.04 Å². The van der Waals surface area contributed by atoms with E-state index in [9.17, 15) is 10.1 Å². The van der Waals surface area contributed by atoms with E-state index in [2.05, 4.69) is 15.0 Å². The number of benzene rings is 1. The smallest absolute Gasteiger partial charge is 0.293 e. The molecule has 1 aliphatic rings. The van der Waals surface area contributed by atoms with E-state index in [1.54, 1.807) is 11.2 Å². The van der Waals surface area contributed by atoms with E-state index in [-0.39, 0.29) is 17.4 Å². The van der Waals surface area contributed by atoms with Gasteiger partial charge >= 0.3 is 0 Å². The van der Waals surface area contributed by atoms with Crippen molar-refractivity contribution in [3.8, 4) is 6.07 Å². The number of nitriles is 1. The number of hydrogen-bond acceptors (Lipinski definition) is 7. The predicted octanol–water partition coefficient (Wildman–Crippen LogP) is 2.67. The number of fused-ring (bicyclic) bond motifs is 2. The molecule has 0 radical (unpaired) electrons. The fourth-order valence-corrected chi connectivity index (χ4v) is 4.45. The number of carbonyl (C=O) groups excluding carboxylic acids is 1. The van der Waals surface area contributed by atoms with Gasteiger partial charge in [-0.2, -0.15) is 5.26 Å². The normalized spacial score (nSPS) is 16.3. The Labute approximate surface area is 157 Å². The molecular weight excluding hydrogens is 364 g/mol. The third kappa shape index (κ3) is 2.42. The van der Waals surface area contributed by atoms with Gasteiger partial charge in [0.15, 0.2) is 12.1 Å². The highest BCUT2D eigenvalue weighted by Gasteiger charge is 2.38. The average molecular weight is 376 g/mol. The van der Waals surface area contributed by atoms with Crippen molar-refractivity contribution in [1.82, 2.24) is 24.8 Å². The molecule has 0 saturated carbocycles. The average Bonchev–Trinajstić information content (AvgIpc) is 3.44. The molecule has 0 fully saturated rings. The first-order valence-electron chi connectivity index (χ1n) is 8.28. The summed E-state index contributed by atoms with van der Waals surface area (Å²) in [6.07, 6.45) is 3.38. The monoisotopic (exact) mass is 376 g/mol. The highest BCUT2D eigenvalue weighted by molar-refractivity contribution is 7.18. The SMILES string of the molecule is N#Cc1ncoc1C(=O)N1CCc2[nH]cnc2[C@H]1c1nc2ccccc2s1. The molecule has 4 aromatic rings. The molecule has 132 valence electrons. The number of para-hydroxylation sites is 1. The molecule has 1 amide bonds. The van der Waals surface area contributed by atoms with Gasteiger partial charge in [-0.05, 0) is 12.1 Å². The Balaban J connectivity index is 1.64. The van der Waals surface area contributed by atoms with Gasteiger partial charge in [0.05, 0.1) is 22.2 Å². The second-order valence-corrected chi connectivity index (χ2v) is 7.14. The van der Waals surface area contributed by atoms with Gasteiger partial charge in [-0.15, -0.1) is 11.3 Å². The van der Waals surface area contributed by atoms with Crippen molar-refractivity contribution in [2.75, 3.05) is 6.54 Å². The van der Waals surface area contributed by atoms with Crippen LogP contribution in [0.4, 0.5) is 0 Å². The van der Waals surface area contributed by atoms with Crippen LogP contribution in [0.2, 0.25) is 0 Å². The van der Waals surface area contributed by atoms with E-state index in [4.69, 9.17) is 9.40 Å². The number of nitrogens with one attached hydrogen (secondary N) is 1. The van der Waals surface area contributed by atoms with Crippen LogP contribution in [0.5, 0.6) is 0 Å². The van der Waals surface area contributed by atoms with E-state index >= 15 is 0 Å². The summed E-state index contributed by atoms with van der Waals surface area (Å²) in [5, 5.41) is 9.96. The number of carbonyl (C=O) groups is 1. The minimum absolute atomic E-state index is 0.0177. The van der Waals surface area contributed by atoms with Crippen LogP contribution in [0.1, 0.15) is 38.7 Å². The standard InChI is InChI=1S/C18H12N6O2S/c19-7-12-16(26-9-22-12)18(25)24-6-5-11-14(21-8-20-11)15(24)17-23-10-3-1-2-4-13(10)27-17/h1-4,8-9,15H,5-6H2,(H,20,21)/t15-/m0/s1. The third-order valence-corrected chi connectivity index (χ3v) is 5.69. The highest BCUT2D eigenvalue weighted by atomic mass is 32.1. The van der Waals surface area contributed by atoms with Crippen molar-refractivity contribution in [3.63, 3.8) is 0 Å². The van der Waals surface area contributed by atoms with E-state index in [0.29, 0.717) is 13.0 Å². The Morgan fingerprint density at radius 1 is 1.37 bits per heavy atom. The quantitative estimate of drug-likeness (QED) is 0.576. The van der Waals surface area contributed by atoms with Crippen LogP contribution in [-0.4, -0.2) is 37.3 Å². The summed E-state index contributed by atoms with van der Waals surface area (Å²) in [5.41, 5.74) is 2.62. The minimum atomic E-state index is -0.443. The first kappa shape index (κ1) is 15.7. The van der Waals surface area contributed by atoms with Crippen molar-refractivity contribution in [3.05, 3.63) is 64.8 Å². The van der Waals surface area contributed by atoms with Crippen molar-refractivity contribution in [2.45, 2.75) is 12.5 Å². The number of aromatic amines is 1. The van der Waals surface area contributed by atoms with E-state index in [0.717, 1.165) is 33.0 Å². The van der Waals surface area contributed by atoms with Gasteiger partial charge in [-0.3, -0.25) is 4.79 Å². The second kappa shape index (κ2) is 6.03. The Morgan fingerprint density at radius 2 is 2.26 bits per heavy atom. The fourth-order valence-electron chi connectivity index (χ4n) is 3.36. The van der Waals surface area contributed by atoms with Crippen LogP contribution in [0.15, 0.2) is 41.4 Å². The summed E-state index contributed by atoms with van der Waals surface area (Å²) in [6, 6.07) is 9.30. The highest BCUT2D eigenvalue weighted by Crippen LogP contribution is 2.38. The maximum Gasteiger partial charge on any atom is 0.293 e. The maximum absolute atomic E-state index is 13.2. The predicted molar refractivity (Wildman–Crippen MR) is 96.0 cm³/mol. The van der Waals surface area contributed by atoms with Crippen LogP contribution < -0.4 is 0 Å². The van der Waals surface area contributed by atoms with Crippen LogP contribution in [0.3, 0.4) is 0 Å². The molecule has 27 heavy (non-hydrogen) atoms.